The number of thioether (sulfide) groups is 1. The first-order valence-electron chi connectivity index (χ1n) is 6.99. The monoisotopic (exact) mass is 336 g/mol. The van der Waals surface area contributed by atoms with Gasteiger partial charge >= 0.3 is 6.18 Å². The molecule has 122 valence electrons. The molecule has 0 aromatic carbocycles. The SMILES string of the molecule is O=C(c1coc(C2CCOCC2)n1)N1CCSC1C(F)(F)F. The fraction of sp³-hybridized carbons (Fsp3) is 0.692. The molecule has 2 aliphatic rings. The van der Waals surface area contributed by atoms with Crippen LogP contribution in [0.2, 0.25) is 0 Å². The molecule has 1 aromatic rings. The van der Waals surface area contributed by atoms with E-state index >= 15 is 0 Å². The van der Waals surface area contributed by atoms with Crippen molar-refractivity contribution in [2.45, 2.75) is 30.3 Å². The van der Waals surface area contributed by atoms with Crippen molar-refractivity contribution in [3.63, 3.8) is 0 Å². The molecule has 3 heterocycles. The van der Waals surface area contributed by atoms with Crippen LogP contribution in [0.4, 0.5) is 13.2 Å². The van der Waals surface area contributed by atoms with Crippen molar-refractivity contribution in [2.24, 2.45) is 0 Å². The van der Waals surface area contributed by atoms with Gasteiger partial charge in [-0.3, -0.25) is 4.79 Å². The highest BCUT2D eigenvalue weighted by Crippen LogP contribution is 2.38. The summed E-state index contributed by atoms with van der Waals surface area (Å²) in [5, 5.41) is -1.80. The Morgan fingerprint density at radius 2 is 2.09 bits per heavy atom. The topological polar surface area (TPSA) is 55.6 Å². The average Bonchev–Trinajstić information content (AvgIpc) is 3.16. The third-order valence-corrected chi connectivity index (χ3v) is 5.00. The van der Waals surface area contributed by atoms with Crippen LogP contribution in [-0.4, -0.2) is 52.9 Å². The van der Waals surface area contributed by atoms with E-state index in [9.17, 15) is 18.0 Å². The van der Waals surface area contributed by atoms with Crippen molar-refractivity contribution in [2.75, 3.05) is 25.5 Å². The summed E-state index contributed by atoms with van der Waals surface area (Å²) >= 11 is 0.720. The molecule has 1 amide bonds. The van der Waals surface area contributed by atoms with Crippen LogP contribution in [0.1, 0.15) is 35.1 Å². The molecule has 22 heavy (non-hydrogen) atoms. The summed E-state index contributed by atoms with van der Waals surface area (Å²) in [4.78, 5) is 17.2. The Bertz CT molecular complexity index is 543. The van der Waals surface area contributed by atoms with E-state index in [1.54, 1.807) is 0 Å². The van der Waals surface area contributed by atoms with E-state index in [0.29, 0.717) is 19.1 Å². The highest BCUT2D eigenvalue weighted by Gasteiger charge is 2.49. The van der Waals surface area contributed by atoms with E-state index in [1.807, 2.05) is 0 Å². The van der Waals surface area contributed by atoms with Gasteiger partial charge in [0.25, 0.3) is 5.91 Å². The van der Waals surface area contributed by atoms with Crippen LogP contribution >= 0.6 is 11.8 Å². The molecule has 5 nitrogen and oxygen atoms in total. The first kappa shape index (κ1) is 15.7. The molecule has 1 unspecified atom stereocenters. The van der Waals surface area contributed by atoms with Gasteiger partial charge in [-0.25, -0.2) is 4.98 Å². The van der Waals surface area contributed by atoms with E-state index in [4.69, 9.17) is 9.15 Å². The predicted molar refractivity (Wildman–Crippen MR) is 72.6 cm³/mol. The van der Waals surface area contributed by atoms with Gasteiger partial charge in [0.15, 0.2) is 17.0 Å². The molecule has 1 atom stereocenters. The number of hydrogen-bond donors (Lipinski definition) is 0. The van der Waals surface area contributed by atoms with Gasteiger partial charge in [0.1, 0.15) is 6.26 Å². The molecule has 2 saturated heterocycles. The fourth-order valence-corrected chi connectivity index (χ4v) is 3.71. The van der Waals surface area contributed by atoms with Crippen LogP contribution in [0.3, 0.4) is 0 Å². The average molecular weight is 336 g/mol. The maximum Gasteiger partial charge on any atom is 0.418 e. The lowest BCUT2D eigenvalue weighted by molar-refractivity contribution is -0.149. The standard InChI is InChI=1S/C13H15F3N2O3S/c14-13(15,16)12-18(3-6-22-12)11(19)9-7-21-10(17-9)8-1-4-20-5-2-8/h7-8,12H,1-6H2. The fourth-order valence-electron chi connectivity index (χ4n) is 2.61. The molecule has 1 aromatic heterocycles. The molecule has 0 aliphatic carbocycles. The third kappa shape index (κ3) is 3.10. The molecular formula is C13H15F3N2O3S. The zero-order chi connectivity index (χ0) is 15.7. The Kier molecular flexibility index (Phi) is 4.35. The van der Waals surface area contributed by atoms with Gasteiger partial charge in [-0.05, 0) is 12.8 Å². The second kappa shape index (κ2) is 6.11. The number of alkyl halides is 3. The maximum absolute atomic E-state index is 12.9. The Morgan fingerprint density at radius 1 is 1.36 bits per heavy atom. The van der Waals surface area contributed by atoms with Gasteiger partial charge in [-0.1, -0.05) is 0 Å². The van der Waals surface area contributed by atoms with Crippen molar-refractivity contribution in [1.82, 2.24) is 9.88 Å². The van der Waals surface area contributed by atoms with Crippen molar-refractivity contribution < 1.29 is 27.1 Å². The van der Waals surface area contributed by atoms with E-state index in [0.717, 1.165) is 35.8 Å². The molecule has 0 radical (unpaired) electrons. The molecule has 2 fully saturated rings. The maximum atomic E-state index is 12.9. The Labute approximate surface area is 129 Å². The number of carbonyl (C=O) groups excluding carboxylic acids is 1. The Morgan fingerprint density at radius 3 is 2.77 bits per heavy atom. The molecule has 0 N–H and O–H groups in total. The number of halogens is 3. The van der Waals surface area contributed by atoms with Crippen LogP contribution < -0.4 is 0 Å². The number of hydrogen-bond acceptors (Lipinski definition) is 5. The zero-order valence-electron chi connectivity index (χ0n) is 11.6. The molecular weight excluding hydrogens is 321 g/mol. The molecule has 0 saturated carbocycles. The Balaban J connectivity index is 1.73. The molecule has 3 rings (SSSR count). The number of oxazole rings is 1. The zero-order valence-corrected chi connectivity index (χ0v) is 12.5. The summed E-state index contributed by atoms with van der Waals surface area (Å²) in [5.41, 5.74) is -0.0572. The summed E-state index contributed by atoms with van der Waals surface area (Å²) in [5.74, 6) is -0.00117. The molecule has 2 aliphatic heterocycles. The molecule has 0 bridgehead atoms. The van der Waals surface area contributed by atoms with Gasteiger partial charge in [0, 0.05) is 31.4 Å². The number of nitrogens with zero attached hydrogens (tertiary/aromatic N) is 2. The van der Waals surface area contributed by atoms with E-state index < -0.39 is 17.5 Å². The van der Waals surface area contributed by atoms with Gasteiger partial charge in [0.2, 0.25) is 0 Å². The van der Waals surface area contributed by atoms with Crippen LogP contribution in [-0.2, 0) is 4.74 Å². The summed E-state index contributed by atoms with van der Waals surface area (Å²) < 4.78 is 49.3. The van der Waals surface area contributed by atoms with Gasteiger partial charge in [-0.2, -0.15) is 13.2 Å². The Hall–Kier alpha value is -1.22. The van der Waals surface area contributed by atoms with Gasteiger partial charge in [-0.15, -0.1) is 11.8 Å². The normalized spacial score (nSPS) is 24.0. The first-order valence-corrected chi connectivity index (χ1v) is 8.04. The minimum Gasteiger partial charge on any atom is -0.448 e. The number of ether oxygens (including phenoxy) is 1. The highest BCUT2D eigenvalue weighted by molar-refractivity contribution is 8.00. The van der Waals surface area contributed by atoms with Gasteiger partial charge in [0.05, 0.1) is 0 Å². The van der Waals surface area contributed by atoms with Crippen LogP contribution in [0.5, 0.6) is 0 Å². The third-order valence-electron chi connectivity index (χ3n) is 3.74. The number of rotatable bonds is 2. The van der Waals surface area contributed by atoms with Crippen molar-refractivity contribution >= 4 is 17.7 Å². The molecule has 0 spiro atoms. The summed E-state index contributed by atoms with van der Waals surface area (Å²) in [6, 6.07) is 0. The van der Waals surface area contributed by atoms with E-state index in [1.165, 1.54) is 0 Å². The van der Waals surface area contributed by atoms with Crippen LogP contribution in [0.25, 0.3) is 0 Å². The van der Waals surface area contributed by atoms with Crippen LogP contribution in [0.15, 0.2) is 10.7 Å². The first-order chi connectivity index (χ1) is 10.5. The van der Waals surface area contributed by atoms with E-state index in [2.05, 4.69) is 4.98 Å². The number of carbonyl (C=O) groups is 1. The summed E-state index contributed by atoms with van der Waals surface area (Å²) in [7, 11) is 0. The minimum atomic E-state index is -4.44. The van der Waals surface area contributed by atoms with E-state index in [-0.39, 0.29) is 23.9 Å². The van der Waals surface area contributed by atoms with Crippen molar-refractivity contribution in [3.8, 4) is 0 Å². The number of aromatic nitrogens is 1. The minimum absolute atomic E-state index is 0.0571. The largest absolute Gasteiger partial charge is 0.448 e. The quantitative estimate of drug-likeness (QED) is 0.831. The lowest BCUT2D eigenvalue weighted by Gasteiger charge is -2.24. The summed E-state index contributed by atoms with van der Waals surface area (Å²) in [6.45, 7) is 1.25. The second-order valence-corrected chi connectivity index (χ2v) is 6.41. The molecule has 9 heteroatoms. The lowest BCUT2D eigenvalue weighted by atomic mass is 10.0. The number of amides is 1. The van der Waals surface area contributed by atoms with Crippen LogP contribution in [0, 0.1) is 0 Å². The second-order valence-electron chi connectivity index (χ2n) is 5.22. The van der Waals surface area contributed by atoms with Gasteiger partial charge < -0.3 is 14.1 Å². The van der Waals surface area contributed by atoms with Crippen molar-refractivity contribution in [3.05, 3.63) is 17.8 Å². The smallest absolute Gasteiger partial charge is 0.418 e. The van der Waals surface area contributed by atoms with Crippen molar-refractivity contribution in [1.29, 1.82) is 0 Å². The predicted octanol–water partition coefficient (Wildman–Crippen LogP) is 2.65. The lowest BCUT2D eigenvalue weighted by Crippen LogP contribution is -2.43. The summed E-state index contributed by atoms with van der Waals surface area (Å²) in [6.07, 6.45) is -1.81. The highest BCUT2D eigenvalue weighted by atomic mass is 32.2.